The third kappa shape index (κ3) is 3.79. The minimum atomic E-state index is -3.96. The maximum atomic E-state index is 13.6. The third-order valence-electron chi connectivity index (χ3n) is 4.91. The van der Waals surface area contributed by atoms with Gasteiger partial charge in [-0.3, -0.25) is 4.79 Å². The lowest BCUT2D eigenvalue weighted by Crippen LogP contribution is -2.38. The number of nitrogens with zero attached hydrogens (tertiary/aromatic N) is 1. The Morgan fingerprint density at radius 1 is 1.00 bits per heavy atom. The highest BCUT2D eigenvalue weighted by molar-refractivity contribution is 7.89. The summed E-state index contributed by atoms with van der Waals surface area (Å²) in [6.45, 7) is 1.59. The van der Waals surface area contributed by atoms with Gasteiger partial charge in [-0.05, 0) is 48.4 Å². The van der Waals surface area contributed by atoms with Gasteiger partial charge in [0.2, 0.25) is 15.9 Å². The van der Waals surface area contributed by atoms with E-state index < -0.39 is 22.0 Å². The highest BCUT2D eigenvalue weighted by Crippen LogP contribution is 2.39. The molecule has 4 rings (SSSR count). The van der Waals surface area contributed by atoms with Crippen LogP contribution in [0.5, 0.6) is 0 Å². The van der Waals surface area contributed by atoms with Gasteiger partial charge in [-0.15, -0.1) is 0 Å². The van der Waals surface area contributed by atoms with Crippen LogP contribution in [0, 0.1) is 6.92 Å². The number of rotatable bonds is 3. The lowest BCUT2D eigenvalue weighted by molar-refractivity contribution is -0.116. The van der Waals surface area contributed by atoms with Gasteiger partial charge >= 0.3 is 0 Å². The summed E-state index contributed by atoms with van der Waals surface area (Å²) < 4.78 is 28.4. The number of carbonyl (C=O) groups is 1. The molecule has 1 unspecified atom stereocenters. The number of sulfonamides is 1. The molecule has 1 heterocycles. The summed E-state index contributed by atoms with van der Waals surface area (Å²) in [7, 11) is -3.96. The first-order valence-electron chi connectivity index (χ1n) is 9.09. The van der Waals surface area contributed by atoms with Crippen LogP contribution in [0.2, 0.25) is 5.02 Å². The van der Waals surface area contributed by atoms with Crippen LogP contribution < -0.4 is 5.32 Å². The van der Waals surface area contributed by atoms with Gasteiger partial charge in [0.15, 0.2) is 0 Å². The standard InChI is InChI=1S/C22H19ClN2O3S/c1-15-7-10-18(11-8-15)29(27,28)25-14-21(26)24-20-12-9-17(23)13-19(20)22(25)16-5-3-2-4-6-16/h2-13,22H,14H2,1H3,(H,24,26). The average molecular weight is 427 g/mol. The first-order valence-corrected chi connectivity index (χ1v) is 10.9. The summed E-state index contributed by atoms with van der Waals surface area (Å²) in [5, 5.41) is 3.27. The normalized spacial score (nSPS) is 17.3. The fourth-order valence-corrected chi connectivity index (χ4v) is 5.23. The van der Waals surface area contributed by atoms with Crippen molar-refractivity contribution in [2.75, 3.05) is 11.9 Å². The number of hydrogen-bond acceptors (Lipinski definition) is 3. The minimum absolute atomic E-state index is 0.141. The molecular weight excluding hydrogens is 408 g/mol. The fourth-order valence-electron chi connectivity index (χ4n) is 3.50. The molecule has 1 amide bonds. The van der Waals surface area contributed by atoms with Gasteiger partial charge in [0.25, 0.3) is 0 Å². The molecule has 0 saturated heterocycles. The van der Waals surface area contributed by atoms with E-state index in [2.05, 4.69) is 5.32 Å². The summed E-state index contributed by atoms with van der Waals surface area (Å²) in [6, 6.07) is 20.2. The summed E-state index contributed by atoms with van der Waals surface area (Å²) in [6.07, 6.45) is 0. The Morgan fingerprint density at radius 2 is 1.69 bits per heavy atom. The summed E-state index contributed by atoms with van der Waals surface area (Å²) in [4.78, 5) is 12.7. The first kappa shape index (κ1) is 19.6. The van der Waals surface area contributed by atoms with Crippen molar-refractivity contribution in [1.29, 1.82) is 0 Å². The van der Waals surface area contributed by atoms with Crippen LogP contribution >= 0.6 is 11.6 Å². The number of fused-ring (bicyclic) bond motifs is 1. The Labute approximate surface area is 175 Å². The predicted octanol–water partition coefficient (Wildman–Crippen LogP) is 4.38. The van der Waals surface area contributed by atoms with Crippen molar-refractivity contribution in [3.63, 3.8) is 0 Å². The zero-order chi connectivity index (χ0) is 20.6. The van der Waals surface area contributed by atoms with Gasteiger partial charge in [0.1, 0.15) is 0 Å². The first-order chi connectivity index (χ1) is 13.9. The molecule has 5 nitrogen and oxygen atoms in total. The number of carbonyl (C=O) groups excluding carboxylic acids is 1. The minimum Gasteiger partial charge on any atom is -0.325 e. The molecule has 1 aliphatic heterocycles. The van der Waals surface area contributed by atoms with Crippen molar-refractivity contribution in [2.24, 2.45) is 0 Å². The fraction of sp³-hybridized carbons (Fsp3) is 0.136. The Kier molecular flexibility index (Phi) is 5.17. The van der Waals surface area contributed by atoms with Crippen molar-refractivity contribution < 1.29 is 13.2 Å². The van der Waals surface area contributed by atoms with E-state index in [1.807, 2.05) is 37.3 Å². The van der Waals surface area contributed by atoms with Crippen molar-refractivity contribution in [2.45, 2.75) is 17.9 Å². The highest BCUT2D eigenvalue weighted by Gasteiger charge is 2.38. The van der Waals surface area contributed by atoms with Crippen molar-refractivity contribution in [3.05, 3.63) is 94.5 Å². The molecule has 7 heteroatoms. The van der Waals surface area contributed by atoms with E-state index >= 15 is 0 Å². The third-order valence-corrected chi connectivity index (χ3v) is 6.97. The maximum absolute atomic E-state index is 13.6. The van der Waals surface area contributed by atoms with Crippen molar-refractivity contribution in [1.82, 2.24) is 4.31 Å². The summed E-state index contributed by atoms with van der Waals surface area (Å²) in [5.41, 5.74) is 2.89. The molecule has 1 atom stereocenters. The molecule has 0 saturated carbocycles. The van der Waals surface area contributed by atoms with Crippen molar-refractivity contribution in [3.8, 4) is 0 Å². The van der Waals surface area contributed by atoms with Gasteiger partial charge in [-0.25, -0.2) is 8.42 Å². The van der Waals surface area contributed by atoms with Crippen LogP contribution in [-0.2, 0) is 14.8 Å². The number of anilines is 1. The number of hydrogen-bond donors (Lipinski definition) is 1. The summed E-state index contributed by atoms with van der Waals surface area (Å²) in [5.74, 6) is -0.400. The average Bonchev–Trinajstić information content (AvgIpc) is 2.85. The molecule has 0 aliphatic carbocycles. The van der Waals surface area contributed by atoms with Crippen LogP contribution in [-0.4, -0.2) is 25.2 Å². The Balaban J connectivity index is 1.95. The molecular formula is C22H19ClN2O3S. The molecule has 0 aromatic heterocycles. The van der Waals surface area contributed by atoms with E-state index in [4.69, 9.17) is 11.6 Å². The molecule has 29 heavy (non-hydrogen) atoms. The molecule has 0 spiro atoms. The van der Waals surface area contributed by atoms with Gasteiger partial charge in [-0.1, -0.05) is 59.6 Å². The van der Waals surface area contributed by atoms with E-state index in [1.165, 1.54) is 4.31 Å². The van der Waals surface area contributed by atoms with E-state index in [-0.39, 0.29) is 11.4 Å². The van der Waals surface area contributed by atoms with Gasteiger partial charge in [0.05, 0.1) is 17.5 Å². The van der Waals surface area contributed by atoms with Gasteiger partial charge in [-0.2, -0.15) is 4.31 Å². The zero-order valence-corrected chi connectivity index (χ0v) is 17.2. The second kappa shape index (κ2) is 7.63. The van der Waals surface area contributed by atoms with E-state index in [1.54, 1.807) is 42.5 Å². The summed E-state index contributed by atoms with van der Waals surface area (Å²) >= 11 is 6.23. The zero-order valence-electron chi connectivity index (χ0n) is 15.7. The Morgan fingerprint density at radius 3 is 2.38 bits per heavy atom. The SMILES string of the molecule is Cc1ccc(S(=O)(=O)N2CC(=O)Nc3ccc(Cl)cc3C2c2ccccc2)cc1. The second-order valence-electron chi connectivity index (χ2n) is 6.96. The molecule has 148 valence electrons. The van der Waals surface area contributed by atoms with Crippen LogP contribution in [0.3, 0.4) is 0 Å². The van der Waals surface area contributed by atoms with Gasteiger partial charge < -0.3 is 5.32 Å². The molecule has 1 aliphatic rings. The number of halogens is 1. The van der Waals surface area contributed by atoms with E-state index in [9.17, 15) is 13.2 Å². The Hall–Kier alpha value is -2.67. The molecule has 3 aromatic rings. The molecule has 1 N–H and O–H groups in total. The van der Waals surface area contributed by atoms with E-state index in [0.717, 1.165) is 11.1 Å². The topological polar surface area (TPSA) is 66.5 Å². The van der Waals surface area contributed by atoms with Gasteiger partial charge in [0, 0.05) is 10.7 Å². The highest BCUT2D eigenvalue weighted by atomic mass is 35.5. The number of benzene rings is 3. The molecule has 3 aromatic carbocycles. The number of aryl methyl sites for hydroxylation is 1. The monoisotopic (exact) mass is 426 g/mol. The van der Waals surface area contributed by atoms with Crippen LogP contribution in [0.15, 0.2) is 77.7 Å². The van der Waals surface area contributed by atoms with Crippen molar-refractivity contribution >= 4 is 33.2 Å². The predicted molar refractivity (Wildman–Crippen MR) is 113 cm³/mol. The number of nitrogens with one attached hydrogen (secondary N) is 1. The molecule has 0 fully saturated rings. The van der Waals surface area contributed by atoms with Crippen LogP contribution in [0.25, 0.3) is 0 Å². The largest absolute Gasteiger partial charge is 0.325 e. The quantitative estimate of drug-likeness (QED) is 0.675. The Bertz CT molecular complexity index is 1160. The lowest BCUT2D eigenvalue weighted by atomic mass is 9.97. The molecule has 0 radical (unpaired) electrons. The smallest absolute Gasteiger partial charge is 0.244 e. The van der Waals surface area contributed by atoms with Crippen LogP contribution in [0.1, 0.15) is 22.7 Å². The van der Waals surface area contributed by atoms with E-state index in [0.29, 0.717) is 16.3 Å². The lowest BCUT2D eigenvalue weighted by Gasteiger charge is -2.29. The number of amides is 1. The maximum Gasteiger partial charge on any atom is 0.244 e. The molecule has 0 bridgehead atoms. The van der Waals surface area contributed by atoms with Crippen LogP contribution in [0.4, 0.5) is 5.69 Å². The second-order valence-corrected chi connectivity index (χ2v) is 9.28.